The Morgan fingerprint density at radius 2 is 2.25 bits per heavy atom. The molecule has 1 rings (SSSR count). The number of hydrogen-bond donors (Lipinski definition) is 2. The van der Waals surface area contributed by atoms with Crippen molar-refractivity contribution in [3.8, 4) is 0 Å². The van der Waals surface area contributed by atoms with Crippen LogP contribution in [0.3, 0.4) is 0 Å². The molecule has 0 bridgehead atoms. The van der Waals surface area contributed by atoms with Crippen LogP contribution in [0.4, 0.5) is 13.2 Å². The summed E-state index contributed by atoms with van der Waals surface area (Å²) in [5.41, 5.74) is 0. The average molecular weight is 237 g/mol. The summed E-state index contributed by atoms with van der Waals surface area (Å²) >= 11 is 0. The van der Waals surface area contributed by atoms with Crippen molar-refractivity contribution in [1.29, 1.82) is 0 Å². The monoisotopic (exact) mass is 237 g/mol. The molecule has 5 nitrogen and oxygen atoms in total. The smallest absolute Gasteiger partial charge is 0.360 e. The van der Waals surface area contributed by atoms with Crippen LogP contribution in [0.15, 0.2) is 16.8 Å². The zero-order chi connectivity index (χ0) is 12.0. The first-order valence-corrected chi connectivity index (χ1v) is 4.41. The summed E-state index contributed by atoms with van der Waals surface area (Å²) < 4.78 is 39.8. The van der Waals surface area contributed by atoms with Crippen molar-refractivity contribution < 1.29 is 22.5 Å². The minimum atomic E-state index is -4.39. The number of halogens is 3. The molecule has 0 aliphatic heterocycles. The minimum absolute atomic E-state index is 0.212. The summed E-state index contributed by atoms with van der Waals surface area (Å²) in [6, 6.07) is 1.58. The van der Waals surface area contributed by atoms with Crippen LogP contribution in [0.1, 0.15) is 5.76 Å². The lowest BCUT2D eigenvalue weighted by Crippen LogP contribution is -2.39. The molecule has 90 valence electrons. The van der Waals surface area contributed by atoms with Crippen LogP contribution >= 0.6 is 0 Å². The van der Waals surface area contributed by atoms with E-state index in [0.717, 1.165) is 0 Å². The lowest BCUT2D eigenvalue weighted by atomic mass is 10.4. The van der Waals surface area contributed by atoms with Gasteiger partial charge in [-0.25, -0.2) is 0 Å². The fourth-order valence-electron chi connectivity index (χ4n) is 0.894. The highest BCUT2D eigenvalue weighted by atomic mass is 19.4. The number of rotatable bonds is 5. The third kappa shape index (κ3) is 5.35. The maximum absolute atomic E-state index is 11.7. The Bertz CT molecular complexity index is 324. The molecule has 1 heterocycles. The molecule has 0 fully saturated rings. The Kier molecular flexibility index (Phi) is 4.29. The van der Waals surface area contributed by atoms with Crippen molar-refractivity contribution >= 4 is 5.91 Å². The van der Waals surface area contributed by atoms with Crippen molar-refractivity contribution in [3.05, 3.63) is 18.0 Å². The molecule has 8 heteroatoms. The second-order valence-corrected chi connectivity index (χ2v) is 2.97. The third-order valence-corrected chi connectivity index (χ3v) is 1.56. The van der Waals surface area contributed by atoms with Gasteiger partial charge in [-0.2, -0.15) is 13.2 Å². The van der Waals surface area contributed by atoms with E-state index in [9.17, 15) is 18.0 Å². The number of amides is 1. The Morgan fingerprint density at radius 1 is 1.50 bits per heavy atom. The number of hydrogen-bond acceptors (Lipinski definition) is 4. The van der Waals surface area contributed by atoms with Crippen LogP contribution in [0.5, 0.6) is 0 Å². The van der Waals surface area contributed by atoms with Gasteiger partial charge in [-0.1, -0.05) is 5.16 Å². The van der Waals surface area contributed by atoms with Gasteiger partial charge in [0.1, 0.15) is 12.3 Å². The lowest BCUT2D eigenvalue weighted by Gasteiger charge is -2.08. The predicted molar refractivity (Wildman–Crippen MR) is 47.3 cm³/mol. The molecule has 1 aromatic rings. The van der Waals surface area contributed by atoms with Crippen molar-refractivity contribution in [3.63, 3.8) is 0 Å². The zero-order valence-electron chi connectivity index (χ0n) is 8.17. The van der Waals surface area contributed by atoms with Gasteiger partial charge < -0.3 is 15.2 Å². The number of aromatic nitrogens is 1. The molecular formula is C8H10F3N3O2. The molecule has 0 radical (unpaired) electrons. The fraction of sp³-hybridized carbons (Fsp3) is 0.500. The van der Waals surface area contributed by atoms with Gasteiger partial charge in [-0.05, 0) is 0 Å². The van der Waals surface area contributed by atoms with Crippen LogP contribution in [-0.4, -0.2) is 30.3 Å². The Balaban J connectivity index is 2.11. The summed E-state index contributed by atoms with van der Waals surface area (Å²) in [5.74, 6) is -0.222. The second kappa shape index (κ2) is 5.50. The maximum atomic E-state index is 11.7. The van der Waals surface area contributed by atoms with E-state index in [1.807, 2.05) is 0 Å². The fourth-order valence-corrected chi connectivity index (χ4v) is 0.894. The van der Waals surface area contributed by atoms with Gasteiger partial charge in [0.15, 0.2) is 0 Å². The highest BCUT2D eigenvalue weighted by Gasteiger charge is 2.27. The van der Waals surface area contributed by atoms with E-state index >= 15 is 0 Å². The molecule has 0 saturated heterocycles. The number of nitrogens with one attached hydrogen (secondary N) is 2. The van der Waals surface area contributed by atoms with Crippen LogP contribution in [-0.2, 0) is 11.3 Å². The molecule has 16 heavy (non-hydrogen) atoms. The molecule has 0 unspecified atom stereocenters. The number of carbonyl (C=O) groups is 1. The van der Waals surface area contributed by atoms with Gasteiger partial charge in [-0.15, -0.1) is 0 Å². The first kappa shape index (κ1) is 12.5. The van der Waals surface area contributed by atoms with Gasteiger partial charge in [0, 0.05) is 6.07 Å². The van der Waals surface area contributed by atoms with E-state index in [1.54, 1.807) is 11.4 Å². The third-order valence-electron chi connectivity index (χ3n) is 1.56. The Morgan fingerprint density at radius 3 is 2.81 bits per heavy atom. The van der Waals surface area contributed by atoms with Crippen molar-refractivity contribution in [2.75, 3.05) is 13.1 Å². The van der Waals surface area contributed by atoms with Gasteiger partial charge in [-0.3, -0.25) is 4.79 Å². The molecule has 0 aliphatic rings. The topological polar surface area (TPSA) is 67.2 Å². The van der Waals surface area contributed by atoms with Crippen molar-refractivity contribution in [2.24, 2.45) is 0 Å². The SMILES string of the molecule is O=C(CNCc1ccno1)NCC(F)(F)F. The Hall–Kier alpha value is -1.57. The number of alkyl halides is 3. The normalized spacial score (nSPS) is 11.4. The van der Waals surface area contributed by atoms with Gasteiger partial charge in [0.2, 0.25) is 5.91 Å². The average Bonchev–Trinajstić information content (AvgIpc) is 2.66. The molecule has 1 amide bonds. The van der Waals surface area contributed by atoms with Gasteiger partial charge in [0.05, 0.1) is 19.3 Å². The van der Waals surface area contributed by atoms with Crippen LogP contribution < -0.4 is 10.6 Å². The molecular weight excluding hydrogens is 227 g/mol. The number of carbonyl (C=O) groups excluding carboxylic acids is 1. The molecule has 0 aromatic carbocycles. The standard InChI is InChI=1S/C8H10F3N3O2/c9-8(10,11)5-13-7(15)4-12-3-6-1-2-14-16-6/h1-2,12H,3-5H2,(H,13,15). The summed E-state index contributed by atoms with van der Waals surface area (Å²) in [5, 5.41) is 7.76. The summed E-state index contributed by atoms with van der Waals surface area (Å²) in [6.45, 7) is -1.30. The van der Waals surface area contributed by atoms with E-state index in [-0.39, 0.29) is 13.1 Å². The lowest BCUT2D eigenvalue weighted by molar-refractivity contribution is -0.137. The Labute approximate surface area is 89.0 Å². The first-order valence-electron chi connectivity index (χ1n) is 4.41. The van der Waals surface area contributed by atoms with Crippen LogP contribution in [0.2, 0.25) is 0 Å². The van der Waals surface area contributed by atoms with Gasteiger partial charge >= 0.3 is 6.18 Å². The minimum Gasteiger partial charge on any atom is -0.360 e. The first-order chi connectivity index (χ1) is 7.47. The van der Waals surface area contributed by atoms with E-state index in [0.29, 0.717) is 5.76 Å². The molecule has 0 atom stereocenters. The predicted octanol–water partition coefficient (Wildman–Crippen LogP) is 0.443. The summed E-state index contributed by atoms with van der Waals surface area (Å²) in [7, 11) is 0. The molecule has 0 spiro atoms. The second-order valence-electron chi connectivity index (χ2n) is 2.97. The van der Waals surface area contributed by atoms with E-state index < -0.39 is 18.6 Å². The molecule has 2 N–H and O–H groups in total. The van der Waals surface area contributed by atoms with E-state index in [1.165, 1.54) is 6.20 Å². The van der Waals surface area contributed by atoms with Gasteiger partial charge in [0.25, 0.3) is 0 Å². The molecule has 1 aromatic heterocycles. The molecule has 0 aliphatic carbocycles. The highest BCUT2D eigenvalue weighted by molar-refractivity contribution is 5.77. The number of nitrogens with zero attached hydrogens (tertiary/aromatic N) is 1. The zero-order valence-corrected chi connectivity index (χ0v) is 8.17. The largest absolute Gasteiger partial charge is 0.405 e. The van der Waals surface area contributed by atoms with Crippen LogP contribution in [0.25, 0.3) is 0 Å². The highest BCUT2D eigenvalue weighted by Crippen LogP contribution is 2.11. The van der Waals surface area contributed by atoms with E-state index in [2.05, 4.69) is 10.5 Å². The summed E-state index contributed by atoms with van der Waals surface area (Å²) in [4.78, 5) is 10.9. The molecule has 0 saturated carbocycles. The quantitative estimate of drug-likeness (QED) is 0.780. The summed E-state index contributed by atoms with van der Waals surface area (Å²) in [6.07, 6.45) is -2.96. The van der Waals surface area contributed by atoms with Crippen molar-refractivity contribution in [2.45, 2.75) is 12.7 Å². The van der Waals surface area contributed by atoms with Crippen LogP contribution in [0, 0.1) is 0 Å². The maximum Gasteiger partial charge on any atom is 0.405 e. The van der Waals surface area contributed by atoms with E-state index in [4.69, 9.17) is 4.52 Å². The van der Waals surface area contributed by atoms with Crippen molar-refractivity contribution in [1.82, 2.24) is 15.8 Å².